The third-order valence-corrected chi connectivity index (χ3v) is 4.45. The van der Waals surface area contributed by atoms with E-state index in [2.05, 4.69) is 37.5 Å². The molecule has 0 amide bonds. The van der Waals surface area contributed by atoms with Gasteiger partial charge in [-0.05, 0) is 37.6 Å². The van der Waals surface area contributed by atoms with Crippen molar-refractivity contribution in [1.82, 2.24) is 4.90 Å². The minimum absolute atomic E-state index is 0.0233. The van der Waals surface area contributed by atoms with E-state index in [-0.39, 0.29) is 12.1 Å². The molecule has 2 aromatic rings. The Morgan fingerprint density at radius 1 is 0.875 bits per heavy atom. The molecule has 0 radical (unpaired) electrons. The van der Waals surface area contributed by atoms with Crippen molar-refractivity contribution < 1.29 is 5.11 Å². The summed E-state index contributed by atoms with van der Waals surface area (Å²) in [5, 5.41) is 10.7. The first-order chi connectivity index (χ1) is 11.5. The van der Waals surface area contributed by atoms with E-state index >= 15 is 0 Å². The van der Waals surface area contributed by atoms with E-state index in [0.717, 1.165) is 11.1 Å². The minimum atomic E-state index is -0.532. The topological polar surface area (TPSA) is 23.5 Å². The van der Waals surface area contributed by atoms with Gasteiger partial charge in [-0.15, -0.1) is 0 Å². The molecule has 0 aliphatic carbocycles. The van der Waals surface area contributed by atoms with Gasteiger partial charge in [0.15, 0.2) is 0 Å². The zero-order chi connectivity index (χ0) is 17.5. The van der Waals surface area contributed by atoms with Crippen LogP contribution in [0, 0.1) is 17.8 Å². The number of aliphatic hydroxyl groups is 1. The first-order valence-electron chi connectivity index (χ1n) is 8.52. The van der Waals surface area contributed by atoms with Crippen molar-refractivity contribution in [3.8, 4) is 11.8 Å². The monoisotopic (exact) mass is 321 g/mol. The third kappa shape index (κ3) is 4.71. The molecule has 0 heterocycles. The third-order valence-electron chi connectivity index (χ3n) is 4.45. The minimum Gasteiger partial charge on any atom is -0.387 e. The number of likely N-dealkylation sites (N-methyl/N-ethyl adjacent to an activating group) is 1. The number of rotatable bonds is 5. The molecule has 2 heteroatoms. The van der Waals surface area contributed by atoms with Gasteiger partial charge in [0.05, 0.1) is 12.1 Å². The Kier molecular flexibility index (Phi) is 6.61. The van der Waals surface area contributed by atoms with E-state index in [1.165, 1.54) is 0 Å². The lowest BCUT2D eigenvalue weighted by atomic mass is 9.97. The van der Waals surface area contributed by atoms with E-state index in [9.17, 15) is 5.11 Å². The molecule has 126 valence electrons. The lowest BCUT2D eigenvalue weighted by Crippen LogP contribution is -2.43. The molecule has 3 unspecified atom stereocenters. The lowest BCUT2D eigenvalue weighted by Gasteiger charge is -2.35. The quantitative estimate of drug-likeness (QED) is 0.838. The second kappa shape index (κ2) is 8.68. The van der Waals surface area contributed by atoms with Gasteiger partial charge in [-0.1, -0.05) is 74.2 Å². The van der Waals surface area contributed by atoms with Gasteiger partial charge >= 0.3 is 0 Å². The summed E-state index contributed by atoms with van der Waals surface area (Å²) in [6, 6.07) is 19.9. The molecule has 0 aliphatic heterocycles. The van der Waals surface area contributed by atoms with Gasteiger partial charge in [-0.3, -0.25) is 4.90 Å². The fourth-order valence-corrected chi connectivity index (χ4v) is 2.82. The average Bonchev–Trinajstić information content (AvgIpc) is 2.61. The first kappa shape index (κ1) is 18.3. The molecular formula is C22H27NO. The van der Waals surface area contributed by atoms with Crippen LogP contribution in [0.1, 0.15) is 38.0 Å². The van der Waals surface area contributed by atoms with Gasteiger partial charge in [-0.25, -0.2) is 0 Å². The van der Waals surface area contributed by atoms with Crippen molar-refractivity contribution >= 4 is 0 Å². The molecule has 0 saturated heterocycles. The SMILES string of the molecule is CC(C)C(C#Cc1ccccc1)N(C)C(C)C(O)c1ccccc1. The van der Waals surface area contributed by atoms with E-state index in [4.69, 9.17) is 0 Å². The van der Waals surface area contributed by atoms with Crippen molar-refractivity contribution in [2.24, 2.45) is 5.92 Å². The highest BCUT2D eigenvalue weighted by Gasteiger charge is 2.26. The summed E-state index contributed by atoms with van der Waals surface area (Å²) in [6.07, 6.45) is -0.532. The van der Waals surface area contributed by atoms with Gasteiger partial charge in [0, 0.05) is 11.6 Å². The van der Waals surface area contributed by atoms with Crippen LogP contribution < -0.4 is 0 Å². The number of benzene rings is 2. The molecular weight excluding hydrogens is 294 g/mol. The summed E-state index contributed by atoms with van der Waals surface area (Å²) < 4.78 is 0. The number of aliphatic hydroxyl groups excluding tert-OH is 1. The molecule has 0 spiro atoms. The highest BCUT2D eigenvalue weighted by atomic mass is 16.3. The normalized spacial score (nSPS) is 14.8. The number of nitrogens with zero attached hydrogens (tertiary/aromatic N) is 1. The number of hydrogen-bond acceptors (Lipinski definition) is 2. The fraction of sp³-hybridized carbons (Fsp3) is 0.364. The Balaban J connectivity index is 2.17. The molecule has 0 aromatic heterocycles. The highest BCUT2D eigenvalue weighted by Crippen LogP contribution is 2.23. The van der Waals surface area contributed by atoms with Crippen LogP contribution in [0.4, 0.5) is 0 Å². The first-order valence-corrected chi connectivity index (χ1v) is 8.52. The molecule has 2 nitrogen and oxygen atoms in total. The van der Waals surface area contributed by atoms with Gasteiger partial charge in [0.2, 0.25) is 0 Å². The molecule has 0 bridgehead atoms. The van der Waals surface area contributed by atoms with Crippen LogP contribution in [0.15, 0.2) is 60.7 Å². The van der Waals surface area contributed by atoms with Crippen LogP contribution in [-0.2, 0) is 0 Å². The molecule has 0 saturated carbocycles. The van der Waals surface area contributed by atoms with Crippen molar-refractivity contribution in [1.29, 1.82) is 0 Å². The molecule has 0 aliphatic rings. The summed E-state index contributed by atoms with van der Waals surface area (Å²) in [7, 11) is 2.04. The molecule has 24 heavy (non-hydrogen) atoms. The van der Waals surface area contributed by atoms with Crippen LogP contribution in [0.25, 0.3) is 0 Å². The van der Waals surface area contributed by atoms with Crippen molar-refractivity contribution in [3.63, 3.8) is 0 Å². The second-order valence-corrected chi connectivity index (χ2v) is 6.59. The Morgan fingerprint density at radius 2 is 1.42 bits per heavy atom. The Labute approximate surface area is 146 Å². The highest BCUT2D eigenvalue weighted by molar-refractivity contribution is 5.35. The Hall–Kier alpha value is -2.08. The maximum absolute atomic E-state index is 10.7. The fourth-order valence-electron chi connectivity index (χ4n) is 2.82. The summed E-state index contributed by atoms with van der Waals surface area (Å²) in [4.78, 5) is 2.18. The molecule has 2 rings (SSSR count). The predicted molar refractivity (Wildman–Crippen MR) is 101 cm³/mol. The molecule has 0 fully saturated rings. The van der Waals surface area contributed by atoms with Crippen LogP contribution in [-0.4, -0.2) is 29.1 Å². The smallest absolute Gasteiger partial charge is 0.0942 e. The summed E-state index contributed by atoms with van der Waals surface area (Å²) >= 11 is 0. The van der Waals surface area contributed by atoms with E-state index < -0.39 is 6.10 Å². The zero-order valence-corrected chi connectivity index (χ0v) is 15.0. The molecule has 3 atom stereocenters. The van der Waals surface area contributed by atoms with Gasteiger partial charge in [-0.2, -0.15) is 0 Å². The Bertz CT molecular complexity index is 669. The average molecular weight is 321 g/mol. The summed E-state index contributed by atoms with van der Waals surface area (Å²) in [5.41, 5.74) is 1.96. The molecule has 2 aromatic carbocycles. The largest absolute Gasteiger partial charge is 0.387 e. The summed E-state index contributed by atoms with van der Waals surface area (Å²) in [6.45, 7) is 6.39. The van der Waals surface area contributed by atoms with Crippen molar-refractivity contribution in [2.75, 3.05) is 7.05 Å². The standard InChI is InChI=1S/C22H27NO/c1-17(2)21(16-15-19-11-7-5-8-12-19)23(4)18(3)22(24)20-13-9-6-10-14-20/h5-14,17-18,21-22,24H,1-4H3. The van der Waals surface area contributed by atoms with Crippen LogP contribution in [0.5, 0.6) is 0 Å². The van der Waals surface area contributed by atoms with Gasteiger partial charge in [0.25, 0.3) is 0 Å². The van der Waals surface area contributed by atoms with E-state index in [0.29, 0.717) is 5.92 Å². The van der Waals surface area contributed by atoms with Gasteiger partial charge in [0.1, 0.15) is 0 Å². The van der Waals surface area contributed by atoms with Crippen LogP contribution in [0.2, 0.25) is 0 Å². The zero-order valence-electron chi connectivity index (χ0n) is 15.0. The summed E-state index contributed by atoms with van der Waals surface area (Å²) in [5.74, 6) is 7.03. The number of hydrogen-bond donors (Lipinski definition) is 1. The predicted octanol–water partition coefficient (Wildman–Crippen LogP) is 4.12. The van der Waals surface area contributed by atoms with Crippen molar-refractivity contribution in [3.05, 3.63) is 71.8 Å². The Morgan fingerprint density at radius 3 is 1.96 bits per heavy atom. The lowest BCUT2D eigenvalue weighted by molar-refractivity contribution is 0.0518. The van der Waals surface area contributed by atoms with Crippen molar-refractivity contribution in [2.45, 2.75) is 39.0 Å². The van der Waals surface area contributed by atoms with E-state index in [1.807, 2.05) is 67.7 Å². The van der Waals surface area contributed by atoms with Gasteiger partial charge < -0.3 is 5.11 Å². The maximum atomic E-state index is 10.7. The van der Waals surface area contributed by atoms with Crippen LogP contribution >= 0.6 is 0 Å². The van der Waals surface area contributed by atoms with Crippen LogP contribution in [0.3, 0.4) is 0 Å². The molecule has 1 N–H and O–H groups in total. The van der Waals surface area contributed by atoms with E-state index in [1.54, 1.807) is 0 Å². The maximum Gasteiger partial charge on any atom is 0.0942 e. The second-order valence-electron chi connectivity index (χ2n) is 6.59.